The van der Waals surface area contributed by atoms with Crippen LogP contribution in [0.2, 0.25) is 5.02 Å². The van der Waals surface area contributed by atoms with Gasteiger partial charge in [-0.25, -0.2) is 0 Å². The Labute approximate surface area is 109 Å². The summed E-state index contributed by atoms with van der Waals surface area (Å²) in [7, 11) is 0. The minimum absolute atomic E-state index is 0.157. The lowest BCUT2D eigenvalue weighted by Gasteiger charge is -2.07. The van der Waals surface area contributed by atoms with Crippen molar-refractivity contribution in [2.24, 2.45) is 5.73 Å². The fraction of sp³-hybridized carbons (Fsp3) is 0. The summed E-state index contributed by atoms with van der Waals surface area (Å²) in [6.45, 7) is 0. The molecule has 0 radical (unpaired) electrons. The highest BCUT2D eigenvalue weighted by atomic mass is 35.5. The predicted octanol–water partition coefficient (Wildman–Crippen LogP) is 2.94. The summed E-state index contributed by atoms with van der Waals surface area (Å²) in [5.74, 6) is 0.604. The first-order valence-corrected chi connectivity index (χ1v) is 5.50. The molecular weight excluding hydrogens is 254 g/mol. The van der Waals surface area contributed by atoms with Gasteiger partial charge in [0.1, 0.15) is 17.2 Å². The van der Waals surface area contributed by atoms with E-state index in [2.05, 4.69) is 0 Å². The van der Waals surface area contributed by atoms with Crippen molar-refractivity contribution >= 4 is 17.5 Å². The number of halogens is 1. The Morgan fingerprint density at radius 3 is 2.28 bits per heavy atom. The molecule has 0 saturated carbocycles. The summed E-state index contributed by atoms with van der Waals surface area (Å²) in [5, 5.41) is 9.37. The fourth-order valence-corrected chi connectivity index (χ4v) is 1.67. The van der Waals surface area contributed by atoms with E-state index in [4.69, 9.17) is 27.2 Å². The Bertz CT molecular complexity index is 581. The molecule has 3 N–H and O–H groups in total. The number of carbonyl (C=O) groups is 1. The van der Waals surface area contributed by atoms with E-state index in [1.54, 1.807) is 18.2 Å². The monoisotopic (exact) mass is 263 g/mol. The average molecular weight is 264 g/mol. The van der Waals surface area contributed by atoms with E-state index in [1.807, 2.05) is 0 Å². The molecule has 0 saturated heterocycles. The summed E-state index contributed by atoms with van der Waals surface area (Å²) in [6.07, 6.45) is 0. The molecule has 0 fully saturated rings. The number of aromatic hydroxyl groups is 1. The van der Waals surface area contributed by atoms with Crippen LogP contribution >= 0.6 is 11.6 Å². The van der Waals surface area contributed by atoms with Crippen molar-refractivity contribution in [3.8, 4) is 17.2 Å². The molecule has 0 aliphatic carbocycles. The quantitative estimate of drug-likeness (QED) is 0.894. The smallest absolute Gasteiger partial charge is 0.250 e. The summed E-state index contributed by atoms with van der Waals surface area (Å²) < 4.78 is 5.50. The van der Waals surface area contributed by atoms with E-state index in [0.29, 0.717) is 11.5 Å². The van der Waals surface area contributed by atoms with Gasteiger partial charge in [-0.2, -0.15) is 0 Å². The molecular formula is C13H10ClNO3. The number of phenolic OH excluding ortho intramolecular Hbond substituents is 1. The van der Waals surface area contributed by atoms with Crippen LogP contribution in [-0.4, -0.2) is 11.0 Å². The van der Waals surface area contributed by atoms with Crippen molar-refractivity contribution in [2.45, 2.75) is 0 Å². The predicted molar refractivity (Wildman–Crippen MR) is 68.2 cm³/mol. The Balaban J connectivity index is 2.22. The van der Waals surface area contributed by atoms with Crippen LogP contribution in [0.15, 0.2) is 42.5 Å². The van der Waals surface area contributed by atoms with E-state index >= 15 is 0 Å². The zero-order chi connectivity index (χ0) is 13.1. The average Bonchev–Trinajstić information content (AvgIpc) is 2.32. The van der Waals surface area contributed by atoms with Crippen molar-refractivity contribution < 1.29 is 14.6 Å². The summed E-state index contributed by atoms with van der Waals surface area (Å²) in [6, 6.07) is 10.9. The molecule has 0 bridgehead atoms. The second-order valence-electron chi connectivity index (χ2n) is 3.60. The minimum atomic E-state index is -0.587. The number of phenols is 1. The first-order valence-electron chi connectivity index (χ1n) is 5.12. The van der Waals surface area contributed by atoms with Gasteiger partial charge in [-0.05, 0) is 36.4 Å². The molecule has 0 aliphatic heterocycles. The van der Waals surface area contributed by atoms with Crippen molar-refractivity contribution in [1.82, 2.24) is 0 Å². The van der Waals surface area contributed by atoms with Crippen LogP contribution in [0, 0.1) is 0 Å². The third-order valence-corrected chi connectivity index (χ3v) is 2.59. The molecule has 2 aromatic rings. The maximum atomic E-state index is 11.0. The third kappa shape index (κ3) is 2.73. The molecule has 2 rings (SSSR count). The number of benzene rings is 2. The number of hydrogen-bond donors (Lipinski definition) is 2. The van der Waals surface area contributed by atoms with Crippen molar-refractivity contribution in [3.63, 3.8) is 0 Å². The number of nitrogens with two attached hydrogens (primary N) is 1. The molecule has 4 nitrogen and oxygen atoms in total. The molecule has 0 heterocycles. The van der Waals surface area contributed by atoms with E-state index in [-0.39, 0.29) is 16.3 Å². The van der Waals surface area contributed by atoms with Crippen LogP contribution in [0.3, 0.4) is 0 Å². The molecule has 1 amide bonds. The van der Waals surface area contributed by atoms with Gasteiger partial charge in [-0.3, -0.25) is 4.79 Å². The molecule has 0 aliphatic rings. The normalized spacial score (nSPS) is 10.1. The topological polar surface area (TPSA) is 72.6 Å². The molecule has 18 heavy (non-hydrogen) atoms. The van der Waals surface area contributed by atoms with Crippen molar-refractivity contribution in [3.05, 3.63) is 53.1 Å². The van der Waals surface area contributed by atoms with Crippen molar-refractivity contribution in [2.75, 3.05) is 0 Å². The highest BCUT2D eigenvalue weighted by Crippen LogP contribution is 2.27. The molecule has 5 heteroatoms. The highest BCUT2D eigenvalue weighted by Gasteiger charge is 2.08. The van der Waals surface area contributed by atoms with E-state index in [9.17, 15) is 4.79 Å². The van der Waals surface area contributed by atoms with E-state index in [1.165, 1.54) is 24.3 Å². The zero-order valence-corrected chi connectivity index (χ0v) is 10.0. The van der Waals surface area contributed by atoms with Gasteiger partial charge in [0, 0.05) is 6.07 Å². The van der Waals surface area contributed by atoms with E-state index in [0.717, 1.165) is 0 Å². The minimum Gasteiger partial charge on any atom is -0.508 e. The van der Waals surface area contributed by atoms with Gasteiger partial charge >= 0.3 is 0 Å². The summed E-state index contributed by atoms with van der Waals surface area (Å²) in [4.78, 5) is 11.0. The van der Waals surface area contributed by atoms with Gasteiger partial charge in [0.05, 0.1) is 10.6 Å². The van der Waals surface area contributed by atoms with Gasteiger partial charge in [0.15, 0.2) is 0 Å². The van der Waals surface area contributed by atoms with E-state index < -0.39 is 5.91 Å². The first kappa shape index (κ1) is 12.3. The lowest BCUT2D eigenvalue weighted by molar-refractivity contribution is 0.100. The van der Waals surface area contributed by atoms with Crippen molar-refractivity contribution in [1.29, 1.82) is 0 Å². The Morgan fingerprint density at radius 1 is 1.11 bits per heavy atom. The number of carbonyl (C=O) groups excluding carboxylic acids is 1. The number of rotatable bonds is 3. The third-order valence-electron chi connectivity index (χ3n) is 2.28. The number of ether oxygens (including phenoxy) is 1. The molecule has 0 aromatic heterocycles. The van der Waals surface area contributed by atoms with Crippen LogP contribution in [-0.2, 0) is 0 Å². The van der Waals surface area contributed by atoms with Crippen LogP contribution in [0.1, 0.15) is 10.4 Å². The Morgan fingerprint density at radius 2 is 1.72 bits per heavy atom. The van der Waals surface area contributed by atoms with Gasteiger partial charge in [0.25, 0.3) is 0 Å². The zero-order valence-electron chi connectivity index (χ0n) is 9.26. The Kier molecular flexibility index (Phi) is 3.39. The van der Waals surface area contributed by atoms with Gasteiger partial charge in [-0.15, -0.1) is 0 Å². The van der Waals surface area contributed by atoms with Crippen LogP contribution < -0.4 is 10.5 Å². The highest BCUT2D eigenvalue weighted by molar-refractivity contribution is 6.33. The first-order chi connectivity index (χ1) is 8.56. The number of primary amides is 1. The van der Waals surface area contributed by atoms with Gasteiger partial charge < -0.3 is 15.6 Å². The number of hydrogen-bond acceptors (Lipinski definition) is 3. The molecule has 92 valence electrons. The lowest BCUT2D eigenvalue weighted by atomic mass is 10.2. The lowest BCUT2D eigenvalue weighted by Crippen LogP contribution is -2.11. The molecule has 2 aromatic carbocycles. The fourth-order valence-electron chi connectivity index (χ4n) is 1.41. The van der Waals surface area contributed by atoms with Crippen LogP contribution in [0.25, 0.3) is 0 Å². The van der Waals surface area contributed by atoms with Crippen LogP contribution in [0.4, 0.5) is 0 Å². The Hall–Kier alpha value is -2.20. The summed E-state index contributed by atoms with van der Waals surface area (Å²) >= 11 is 5.90. The second kappa shape index (κ2) is 4.98. The van der Waals surface area contributed by atoms with Gasteiger partial charge in [-0.1, -0.05) is 11.6 Å². The van der Waals surface area contributed by atoms with Gasteiger partial charge in [0.2, 0.25) is 5.91 Å². The largest absolute Gasteiger partial charge is 0.508 e. The molecule has 0 unspecified atom stereocenters. The molecule has 0 atom stereocenters. The maximum Gasteiger partial charge on any atom is 0.250 e. The van der Waals surface area contributed by atoms with Crippen LogP contribution in [0.5, 0.6) is 17.2 Å². The number of amides is 1. The summed E-state index contributed by atoms with van der Waals surface area (Å²) in [5.41, 5.74) is 5.39. The molecule has 0 spiro atoms. The SMILES string of the molecule is NC(=O)c1ccc(Oc2ccc(O)cc2)cc1Cl. The second-order valence-corrected chi connectivity index (χ2v) is 4.01. The maximum absolute atomic E-state index is 11.0. The standard InChI is InChI=1S/C13H10ClNO3/c14-12-7-10(5-6-11(12)13(15)17)18-9-3-1-8(16)2-4-9/h1-7,16H,(H2,15,17).